The van der Waals surface area contributed by atoms with Gasteiger partial charge in [-0.25, -0.2) is 8.42 Å². The molecule has 1 fully saturated rings. The lowest BCUT2D eigenvalue weighted by molar-refractivity contribution is 0.281. The zero-order valence-electron chi connectivity index (χ0n) is 13.2. The van der Waals surface area contributed by atoms with Crippen LogP contribution in [0.4, 0.5) is 0 Å². The van der Waals surface area contributed by atoms with Crippen LogP contribution in [-0.2, 0) is 16.3 Å². The Kier molecular flexibility index (Phi) is 5.38. The van der Waals surface area contributed by atoms with Crippen LogP contribution in [0, 0.1) is 5.92 Å². The number of rotatable bonds is 5. The number of aryl methyl sites for hydroxylation is 1. The van der Waals surface area contributed by atoms with E-state index in [0.29, 0.717) is 5.92 Å². The summed E-state index contributed by atoms with van der Waals surface area (Å²) < 4.78 is 23.7. The second-order valence-corrected chi connectivity index (χ2v) is 8.40. The predicted molar refractivity (Wildman–Crippen MR) is 86.0 cm³/mol. The monoisotopic (exact) mass is 310 g/mol. The van der Waals surface area contributed by atoms with Gasteiger partial charge < -0.3 is 5.32 Å². The van der Waals surface area contributed by atoms with Gasteiger partial charge >= 0.3 is 0 Å². The first kappa shape index (κ1) is 16.4. The molecule has 0 saturated heterocycles. The van der Waals surface area contributed by atoms with Crippen molar-refractivity contribution >= 4 is 9.84 Å². The van der Waals surface area contributed by atoms with Gasteiger partial charge in [-0.15, -0.1) is 0 Å². The Bertz CT molecular complexity index is 571. The molecule has 0 bridgehead atoms. The number of nitrogens with one attached hydrogen (secondary N) is 1. The molecule has 3 unspecified atom stereocenters. The topological polar surface area (TPSA) is 59.1 Å². The van der Waals surface area contributed by atoms with Gasteiger partial charge in [0.05, 0.1) is 5.25 Å². The Morgan fingerprint density at radius 3 is 2.81 bits per heavy atom. The molecule has 21 heavy (non-hydrogen) atoms. The highest BCUT2D eigenvalue weighted by atomic mass is 32.2. The summed E-state index contributed by atoms with van der Waals surface area (Å²) in [7, 11) is -0.972. The molecule has 1 heterocycles. The molecular formula is C16H26N2O2S. The van der Waals surface area contributed by atoms with Crippen LogP contribution in [0.25, 0.3) is 0 Å². The first-order valence-corrected chi connectivity index (χ1v) is 9.71. The zero-order chi connectivity index (χ0) is 15.5. The summed E-state index contributed by atoms with van der Waals surface area (Å²) in [5.41, 5.74) is 2.52. The van der Waals surface area contributed by atoms with Gasteiger partial charge in [0.25, 0.3) is 0 Å². The standard InChI is InChI=1S/C16H26N2O2S/c1-4-12-11-18-9-8-15(12)16(17-2)13-6-5-7-14(10-13)21(3,19)20/h8-9,11,13-14,16-17H,4-7,10H2,1-3H3. The highest BCUT2D eigenvalue weighted by Crippen LogP contribution is 2.37. The maximum atomic E-state index is 11.9. The lowest BCUT2D eigenvalue weighted by Gasteiger charge is -2.34. The number of aromatic nitrogens is 1. The van der Waals surface area contributed by atoms with Crippen molar-refractivity contribution in [1.29, 1.82) is 0 Å². The smallest absolute Gasteiger partial charge is 0.150 e. The van der Waals surface area contributed by atoms with E-state index in [1.54, 1.807) is 0 Å². The van der Waals surface area contributed by atoms with Crippen molar-refractivity contribution in [3.05, 3.63) is 29.6 Å². The molecule has 1 N–H and O–H groups in total. The van der Waals surface area contributed by atoms with E-state index in [-0.39, 0.29) is 11.3 Å². The molecule has 5 heteroatoms. The molecule has 118 valence electrons. The van der Waals surface area contributed by atoms with Gasteiger partial charge in [-0.1, -0.05) is 13.3 Å². The highest BCUT2D eigenvalue weighted by Gasteiger charge is 2.33. The molecule has 0 aromatic carbocycles. The van der Waals surface area contributed by atoms with Crippen LogP contribution >= 0.6 is 0 Å². The van der Waals surface area contributed by atoms with Gasteiger partial charge in [0.15, 0.2) is 0 Å². The second-order valence-electron chi connectivity index (χ2n) is 6.07. The summed E-state index contributed by atoms with van der Waals surface area (Å²) in [6.45, 7) is 2.13. The van der Waals surface area contributed by atoms with Gasteiger partial charge in [-0.3, -0.25) is 4.98 Å². The molecule has 3 atom stereocenters. The van der Waals surface area contributed by atoms with Crippen molar-refractivity contribution in [2.45, 2.75) is 50.3 Å². The Morgan fingerprint density at radius 2 is 2.19 bits per heavy atom. The van der Waals surface area contributed by atoms with Gasteiger partial charge in [0.1, 0.15) is 9.84 Å². The maximum Gasteiger partial charge on any atom is 0.150 e. The number of hydrogen-bond acceptors (Lipinski definition) is 4. The average Bonchev–Trinajstić information content (AvgIpc) is 2.48. The van der Waals surface area contributed by atoms with E-state index in [9.17, 15) is 8.42 Å². The van der Waals surface area contributed by atoms with Gasteiger partial charge in [-0.2, -0.15) is 0 Å². The largest absolute Gasteiger partial charge is 0.313 e. The fourth-order valence-electron chi connectivity index (χ4n) is 3.55. The van der Waals surface area contributed by atoms with E-state index in [1.165, 1.54) is 17.4 Å². The molecule has 2 rings (SSSR count). The average molecular weight is 310 g/mol. The predicted octanol–water partition coefficient (Wildman–Crippen LogP) is 2.51. The van der Waals surface area contributed by atoms with Crippen LogP contribution in [0.5, 0.6) is 0 Å². The fraction of sp³-hybridized carbons (Fsp3) is 0.688. The number of nitrogens with zero attached hydrogens (tertiary/aromatic N) is 1. The van der Waals surface area contributed by atoms with Gasteiger partial charge in [0.2, 0.25) is 0 Å². The minimum atomic E-state index is -2.94. The van der Waals surface area contributed by atoms with Crippen LogP contribution in [0.3, 0.4) is 0 Å². The van der Waals surface area contributed by atoms with E-state index in [2.05, 4.69) is 23.3 Å². The minimum absolute atomic E-state index is 0.181. The molecular weight excluding hydrogens is 284 g/mol. The zero-order valence-corrected chi connectivity index (χ0v) is 14.0. The third-order valence-corrected chi connectivity index (χ3v) is 6.35. The maximum absolute atomic E-state index is 11.9. The normalized spacial score (nSPS) is 24.7. The first-order chi connectivity index (χ1) is 9.97. The van der Waals surface area contributed by atoms with Crippen LogP contribution in [0.15, 0.2) is 18.5 Å². The molecule has 1 aliphatic rings. The second kappa shape index (κ2) is 6.88. The van der Waals surface area contributed by atoms with Gasteiger partial charge in [-0.05, 0) is 55.8 Å². The third-order valence-electron chi connectivity index (χ3n) is 4.71. The lowest BCUT2D eigenvalue weighted by Crippen LogP contribution is -2.34. The number of hydrogen-bond donors (Lipinski definition) is 1. The molecule has 1 aromatic rings. The lowest BCUT2D eigenvalue weighted by atomic mass is 9.80. The molecule has 1 aromatic heterocycles. The Labute approximate surface area is 128 Å². The van der Waals surface area contributed by atoms with E-state index in [1.807, 2.05) is 19.4 Å². The summed E-state index contributed by atoms with van der Waals surface area (Å²) >= 11 is 0. The molecule has 1 saturated carbocycles. The Balaban J connectivity index is 2.25. The summed E-state index contributed by atoms with van der Waals surface area (Å²) in [5.74, 6) is 0.371. The van der Waals surface area contributed by atoms with Crippen molar-refractivity contribution in [3.8, 4) is 0 Å². The van der Waals surface area contributed by atoms with E-state index in [0.717, 1.165) is 32.1 Å². The SMILES string of the molecule is CCc1cnccc1C(NC)C1CCCC(S(C)(=O)=O)C1. The third kappa shape index (κ3) is 3.83. The van der Waals surface area contributed by atoms with Crippen LogP contribution in [0.2, 0.25) is 0 Å². The Hall–Kier alpha value is -0.940. The van der Waals surface area contributed by atoms with Crippen molar-refractivity contribution in [2.24, 2.45) is 5.92 Å². The fourth-order valence-corrected chi connectivity index (χ4v) is 4.75. The van der Waals surface area contributed by atoms with Crippen molar-refractivity contribution < 1.29 is 8.42 Å². The molecule has 0 aliphatic heterocycles. The van der Waals surface area contributed by atoms with E-state index >= 15 is 0 Å². The molecule has 0 radical (unpaired) electrons. The molecule has 4 nitrogen and oxygen atoms in total. The van der Waals surface area contributed by atoms with Crippen LogP contribution in [0.1, 0.15) is 49.8 Å². The van der Waals surface area contributed by atoms with Gasteiger partial charge in [0, 0.05) is 24.7 Å². The molecule has 0 amide bonds. The van der Waals surface area contributed by atoms with Crippen LogP contribution in [-0.4, -0.2) is 32.0 Å². The van der Waals surface area contributed by atoms with Crippen molar-refractivity contribution in [2.75, 3.05) is 13.3 Å². The summed E-state index contributed by atoms with van der Waals surface area (Å²) in [4.78, 5) is 4.21. The van der Waals surface area contributed by atoms with Crippen LogP contribution < -0.4 is 5.32 Å². The highest BCUT2D eigenvalue weighted by molar-refractivity contribution is 7.91. The van der Waals surface area contributed by atoms with E-state index in [4.69, 9.17) is 0 Å². The molecule has 1 aliphatic carbocycles. The number of sulfone groups is 1. The minimum Gasteiger partial charge on any atom is -0.313 e. The quantitative estimate of drug-likeness (QED) is 0.908. The number of pyridine rings is 1. The van der Waals surface area contributed by atoms with Crippen molar-refractivity contribution in [3.63, 3.8) is 0 Å². The Morgan fingerprint density at radius 1 is 1.43 bits per heavy atom. The molecule has 0 spiro atoms. The summed E-state index contributed by atoms with van der Waals surface area (Å²) in [6, 6.07) is 2.29. The van der Waals surface area contributed by atoms with Crippen molar-refractivity contribution in [1.82, 2.24) is 10.3 Å². The summed E-state index contributed by atoms with van der Waals surface area (Å²) in [6.07, 6.45) is 9.73. The van der Waals surface area contributed by atoms with E-state index < -0.39 is 9.84 Å². The first-order valence-electron chi connectivity index (χ1n) is 7.76. The summed E-state index contributed by atoms with van der Waals surface area (Å²) in [5, 5.41) is 3.23.